The van der Waals surface area contributed by atoms with Crippen molar-refractivity contribution in [3.63, 3.8) is 0 Å². The molecule has 1 fully saturated rings. The summed E-state index contributed by atoms with van der Waals surface area (Å²) in [7, 11) is 0. The number of benzene rings is 1. The summed E-state index contributed by atoms with van der Waals surface area (Å²) < 4.78 is 15.5. The summed E-state index contributed by atoms with van der Waals surface area (Å²) in [5.74, 6) is -7.84. The number of halogens is 1. The normalized spacial score (nSPS) is 31.4. The van der Waals surface area contributed by atoms with E-state index in [1.807, 2.05) is 0 Å². The number of primary amides is 1. The third kappa shape index (κ3) is 2.80. The standard InChI is InChI=1S/C23H23FN2O7/c24-18-10(12-2-1-3-26-12)7-14(28)16-11(18)5-8-4-9-6-13(27)17(22(25)32)21(31)23(9,33)20(30)15(8)19(16)29/h7-9,12,26-28,30,33H,1-6H2,(H2,25,32)/t8?,9-,12?,23-/m0/s1. The van der Waals surface area contributed by atoms with Crippen LogP contribution >= 0.6 is 0 Å². The van der Waals surface area contributed by atoms with E-state index in [1.54, 1.807) is 0 Å². The number of aromatic hydroxyl groups is 1. The van der Waals surface area contributed by atoms with Gasteiger partial charge in [-0.15, -0.1) is 0 Å². The number of phenolic OH excluding ortho intramolecular Hbond substituents is 1. The molecule has 2 unspecified atom stereocenters. The molecule has 5 rings (SSSR count). The van der Waals surface area contributed by atoms with Crippen molar-refractivity contribution >= 4 is 17.5 Å². The van der Waals surface area contributed by atoms with Gasteiger partial charge in [-0.3, -0.25) is 14.4 Å². The predicted octanol–water partition coefficient (Wildman–Crippen LogP) is 1.14. The van der Waals surface area contributed by atoms with Crippen LogP contribution < -0.4 is 11.1 Å². The molecule has 4 atom stereocenters. The second kappa shape index (κ2) is 7.13. The number of rotatable bonds is 2. The lowest BCUT2D eigenvalue weighted by molar-refractivity contribution is -0.144. The maximum Gasteiger partial charge on any atom is 0.255 e. The molecule has 0 radical (unpaired) electrons. The first-order valence-corrected chi connectivity index (χ1v) is 10.8. The second-order valence-electron chi connectivity index (χ2n) is 9.21. The van der Waals surface area contributed by atoms with Gasteiger partial charge in [-0.05, 0) is 44.2 Å². The Bertz CT molecular complexity index is 1200. The minimum atomic E-state index is -2.63. The topological polar surface area (TPSA) is 170 Å². The van der Waals surface area contributed by atoms with Gasteiger partial charge in [0, 0.05) is 35.1 Å². The van der Waals surface area contributed by atoms with Gasteiger partial charge in [0.1, 0.15) is 28.7 Å². The molecule has 1 heterocycles. The highest BCUT2D eigenvalue weighted by Gasteiger charge is 2.59. The van der Waals surface area contributed by atoms with E-state index < -0.39 is 63.6 Å². The molecular formula is C23H23FN2O7. The van der Waals surface area contributed by atoms with E-state index in [4.69, 9.17) is 5.73 Å². The van der Waals surface area contributed by atoms with Crippen molar-refractivity contribution in [3.05, 3.63) is 51.2 Å². The van der Waals surface area contributed by atoms with Crippen molar-refractivity contribution in [2.75, 3.05) is 6.54 Å². The summed E-state index contributed by atoms with van der Waals surface area (Å²) in [6.45, 7) is 0.711. The van der Waals surface area contributed by atoms with Gasteiger partial charge >= 0.3 is 0 Å². The van der Waals surface area contributed by atoms with Crippen LogP contribution in [-0.4, -0.2) is 50.0 Å². The Morgan fingerprint density at radius 2 is 1.94 bits per heavy atom. The number of hydrogen-bond acceptors (Lipinski definition) is 8. The van der Waals surface area contributed by atoms with Crippen LogP contribution in [-0.2, 0) is 16.0 Å². The van der Waals surface area contributed by atoms with Crippen LogP contribution in [0.15, 0.2) is 28.7 Å². The first kappa shape index (κ1) is 21.6. The summed E-state index contributed by atoms with van der Waals surface area (Å²) >= 11 is 0. The molecule has 4 aliphatic rings. The maximum atomic E-state index is 15.5. The van der Waals surface area contributed by atoms with Crippen LogP contribution in [0.2, 0.25) is 0 Å². The van der Waals surface area contributed by atoms with Gasteiger partial charge in [-0.2, -0.15) is 0 Å². The smallest absolute Gasteiger partial charge is 0.255 e. The molecule has 7 N–H and O–H groups in total. The average Bonchev–Trinajstić information content (AvgIpc) is 3.27. The summed E-state index contributed by atoms with van der Waals surface area (Å²) in [6.07, 6.45) is 1.13. The Kier molecular flexibility index (Phi) is 4.67. The molecule has 3 aliphatic carbocycles. The number of carbonyl (C=O) groups is 3. The largest absolute Gasteiger partial charge is 0.511 e. The lowest BCUT2D eigenvalue weighted by Gasteiger charge is -2.45. The van der Waals surface area contributed by atoms with Crippen molar-refractivity contribution in [1.29, 1.82) is 0 Å². The van der Waals surface area contributed by atoms with Crippen molar-refractivity contribution in [1.82, 2.24) is 5.32 Å². The summed E-state index contributed by atoms with van der Waals surface area (Å²) in [6, 6.07) is 0.911. The van der Waals surface area contributed by atoms with E-state index >= 15 is 4.39 Å². The fourth-order valence-electron chi connectivity index (χ4n) is 5.89. The Morgan fingerprint density at radius 1 is 1.21 bits per heavy atom. The Balaban J connectivity index is 1.65. The Morgan fingerprint density at radius 3 is 2.58 bits per heavy atom. The van der Waals surface area contributed by atoms with E-state index in [0.29, 0.717) is 13.0 Å². The molecule has 9 nitrogen and oxygen atoms in total. The molecule has 0 spiro atoms. The second-order valence-corrected chi connectivity index (χ2v) is 9.21. The first-order chi connectivity index (χ1) is 15.6. The molecule has 0 aromatic heterocycles. The zero-order valence-corrected chi connectivity index (χ0v) is 17.5. The highest BCUT2D eigenvalue weighted by molar-refractivity contribution is 6.24. The quantitative estimate of drug-likeness (QED) is 0.358. The highest BCUT2D eigenvalue weighted by Crippen LogP contribution is 2.52. The lowest BCUT2D eigenvalue weighted by atomic mass is 9.60. The third-order valence-electron chi connectivity index (χ3n) is 7.46. The Labute approximate surface area is 187 Å². The van der Waals surface area contributed by atoms with Gasteiger partial charge < -0.3 is 31.5 Å². The molecule has 1 aliphatic heterocycles. The zero-order valence-electron chi connectivity index (χ0n) is 17.5. The molecule has 1 aromatic rings. The summed E-state index contributed by atoms with van der Waals surface area (Å²) in [4.78, 5) is 37.9. The number of ketones is 2. The molecular weight excluding hydrogens is 435 g/mol. The van der Waals surface area contributed by atoms with Crippen molar-refractivity contribution in [2.24, 2.45) is 17.6 Å². The number of allylic oxidation sites excluding steroid dienone is 2. The molecule has 1 amide bonds. The average molecular weight is 458 g/mol. The van der Waals surface area contributed by atoms with Crippen LogP contribution in [0.4, 0.5) is 4.39 Å². The van der Waals surface area contributed by atoms with Crippen LogP contribution in [0.5, 0.6) is 5.75 Å². The number of nitrogens with two attached hydrogens (primary N) is 1. The third-order valence-corrected chi connectivity index (χ3v) is 7.46. The van der Waals surface area contributed by atoms with Crippen LogP contribution in [0.1, 0.15) is 53.2 Å². The number of Topliss-reactive ketones (excluding diaryl/α,β-unsaturated/α-hetero) is 2. The summed E-state index contributed by atoms with van der Waals surface area (Å²) in [5.41, 5.74) is 1.38. The van der Waals surface area contributed by atoms with Gasteiger partial charge in [0.25, 0.3) is 5.91 Å². The molecule has 1 saturated heterocycles. The van der Waals surface area contributed by atoms with Gasteiger partial charge in [0.05, 0.1) is 5.56 Å². The van der Waals surface area contributed by atoms with Crippen LogP contribution in [0.3, 0.4) is 0 Å². The van der Waals surface area contributed by atoms with E-state index in [1.165, 1.54) is 6.07 Å². The maximum absolute atomic E-state index is 15.5. The molecule has 0 saturated carbocycles. The molecule has 0 bridgehead atoms. The van der Waals surface area contributed by atoms with Gasteiger partial charge in [-0.1, -0.05) is 0 Å². The number of amides is 1. The van der Waals surface area contributed by atoms with E-state index in [-0.39, 0.29) is 47.6 Å². The number of fused-ring (bicyclic) bond motifs is 3. The monoisotopic (exact) mass is 458 g/mol. The van der Waals surface area contributed by atoms with E-state index in [2.05, 4.69) is 5.32 Å². The number of aliphatic hydroxyl groups is 3. The SMILES string of the molecule is NC(=O)C1=C(O)C[C@@H]2CC3Cc4c(F)c(C5CCCN5)cc(O)c4C(=O)C3=C(O)[C@]2(O)C1=O. The minimum Gasteiger partial charge on any atom is -0.511 e. The fourth-order valence-corrected chi connectivity index (χ4v) is 5.89. The zero-order chi connectivity index (χ0) is 23.8. The van der Waals surface area contributed by atoms with Crippen molar-refractivity contribution < 1.29 is 39.2 Å². The number of hydrogen-bond donors (Lipinski definition) is 6. The Hall–Kier alpha value is -3.24. The fraction of sp³-hybridized carbons (Fsp3) is 0.435. The van der Waals surface area contributed by atoms with Gasteiger partial charge in [0.2, 0.25) is 5.78 Å². The molecule has 174 valence electrons. The van der Waals surface area contributed by atoms with Crippen LogP contribution in [0.25, 0.3) is 0 Å². The minimum absolute atomic E-state index is 0.0235. The molecule has 1 aromatic carbocycles. The lowest BCUT2D eigenvalue weighted by Crippen LogP contribution is -2.57. The predicted molar refractivity (Wildman–Crippen MR) is 111 cm³/mol. The van der Waals surface area contributed by atoms with E-state index in [9.17, 15) is 34.8 Å². The number of carbonyl (C=O) groups excluding carboxylic acids is 3. The van der Waals surface area contributed by atoms with Gasteiger partial charge in [-0.25, -0.2) is 4.39 Å². The number of nitrogens with one attached hydrogen (secondary N) is 1. The van der Waals surface area contributed by atoms with Gasteiger partial charge in [0.15, 0.2) is 11.4 Å². The van der Waals surface area contributed by atoms with Crippen LogP contribution in [0, 0.1) is 17.7 Å². The number of phenols is 1. The first-order valence-electron chi connectivity index (χ1n) is 10.8. The highest BCUT2D eigenvalue weighted by atomic mass is 19.1. The van der Waals surface area contributed by atoms with Crippen molar-refractivity contribution in [2.45, 2.75) is 43.7 Å². The molecule has 33 heavy (non-hydrogen) atoms. The van der Waals surface area contributed by atoms with Crippen molar-refractivity contribution in [3.8, 4) is 5.75 Å². The summed E-state index contributed by atoms with van der Waals surface area (Å²) in [5, 5.41) is 46.1. The number of aliphatic hydroxyl groups excluding tert-OH is 2. The van der Waals surface area contributed by atoms with E-state index in [0.717, 1.165) is 6.42 Å². The molecule has 10 heteroatoms.